The highest BCUT2D eigenvalue weighted by Gasteiger charge is 2.44. The number of carbonyl (C=O) groups excluding carboxylic acids is 1. The van der Waals surface area contributed by atoms with Gasteiger partial charge in [0.05, 0.1) is 11.5 Å². The van der Waals surface area contributed by atoms with Gasteiger partial charge in [-0.25, -0.2) is 4.39 Å². The summed E-state index contributed by atoms with van der Waals surface area (Å²) < 4.78 is 25.1. The number of hydrogen-bond donors (Lipinski definition) is 1. The van der Waals surface area contributed by atoms with Crippen LogP contribution < -0.4 is 5.73 Å². The predicted octanol–water partition coefficient (Wildman–Crippen LogP) is 2.65. The van der Waals surface area contributed by atoms with Gasteiger partial charge in [0.1, 0.15) is 5.82 Å². The molecule has 0 aliphatic carbocycles. The normalized spacial score (nSPS) is 20.1. The molecule has 5 nitrogen and oxygen atoms in total. The van der Waals surface area contributed by atoms with E-state index in [1.165, 1.54) is 12.1 Å². The molecule has 2 saturated heterocycles. The van der Waals surface area contributed by atoms with Crippen molar-refractivity contribution in [3.05, 3.63) is 35.6 Å². The molecule has 0 radical (unpaired) electrons. The van der Waals surface area contributed by atoms with Gasteiger partial charge in [-0.05, 0) is 56.3 Å². The molecule has 2 aliphatic rings. The Kier molecular flexibility index (Phi) is 8.48. The van der Waals surface area contributed by atoms with Gasteiger partial charge in [0.15, 0.2) is 0 Å². The number of nitrogens with two attached hydrogens (primary N) is 1. The lowest BCUT2D eigenvalue weighted by Gasteiger charge is -2.42. The van der Waals surface area contributed by atoms with Crippen molar-refractivity contribution in [1.29, 1.82) is 0 Å². The lowest BCUT2D eigenvalue weighted by atomic mass is 9.72. The lowest BCUT2D eigenvalue weighted by molar-refractivity contribution is -0.144. The summed E-state index contributed by atoms with van der Waals surface area (Å²) in [6.45, 7) is 3.74. The van der Waals surface area contributed by atoms with Crippen molar-refractivity contribution >= 4 is 18.3 Å². The molecule has 0 saturated carbocycles. The Bertz CT molecular complexity index is 603. The van der Waals surface area contributed by atoms with Crippen LogP contribution in [0.25, 0.3) is 0 Å². The fourth-order valence-corrected chi connectivity index (χ4v) is 3.99. The monoisotopic (exact) mass is 400 g/mol. The number of nitrogens with zero attached hydrogens (tertiary/aromatic N) is 1. The van der Waals surface area contributed by atoms with Gasteiger partial charge in [-0.1, -0.05) is 12.1 Å². The standard InChI is InChI=1S/C20H29FN2O3.ClH/c21-17-4-1-3-16(15-17)20(7-13-25-14-8-20)19(24)23-10-5-18(6-11-23)26-12-2-9-22;/h1,3-4,15,18H,2,5-14,22H2;1H. The summed E-state index contributed by atoms with van der Waals surface area (Å²) in [6.07, 6.45) is 3.94. The average molecular weight is 401 g/mol. The second kappa shape index (κ2) is 10.4. The molecule has 3 rings (SSSR count). The molecule has 0 atom stereocenters. The minimum absolute atomic E-state index is 0. The van der Waals surface area contributed by atoms with Crippen LogP contribution in [-0.4, -0.2) is 56.4 Å². The van der Waals surface area contributed by atoms with E-state index in [4.69, 9.17) is 15.2 Å². The zero-order chi connectivity index (χ0) is 18.4. The van der Waals surface area contributed by atoms with E-state index in [1.54, 1.807) is 6.07 Å². The molecular weight excluding hydrogens is 371 g/mol. The van der Waals surface area contributed by atoms with E-state index in [0.717, 1.165) is 24.8 Å². The highest BCUT2D eigenvalue weighted by Crippen LogP contribution is 2.37. The second-order valence-electron chi connectivity index (χ2n) is 7.21. The van der Waals surface area contributed by atoms with E-state index in [-0.39, 0.29) is 30.2 Å². The van der Waals surface area contributed by atoms with Gasteiger partial charge in [-0.3, -0.25) is 4.79 Å². The van der Waals surface area contributed by atoms with Crippen LogP contribution in [0.1, 0.15) is 37.7 Å². The summed E-state index contributed by atoms with van der Waals surface area (Å²) in [6, 6.07) is 6.48. The second-order valence-corrected chi connectivity index (χ2v) is 7.21. The predicted molar refractivity (Wildman–Crippen MR) is 105 cm³/mol. The molecule has 0 bridgehead atoms. The van der Waals surface area contributed by atoms with Crippen molar-refractivity contribution in [3.8, 4) is 0 Å². The number of rotatable bonds is 6. The number of carbonyl (C=O) groups is 1. The third-order valence-electron chi connectivity index (χ3n) is 5.56. The van der Waals surface area contributed by atoms with Crippen molar-refractivity contribution < 1.29 is 18.7 Å². The van der Waals surface area contributed by atoms with E-state index in [2.05, 4.69) is 0 Å². The molecule has 0 spiro atoms. The Hall–Kier alpha value is -1.21. The van der Waals surface area contributed by atoms with Crippen molar-refractivity contribution in [2.24, 2.45) is 5.73 Å². The minimum Gasteiger partial charge on any atom is -0.381 e. The molecule has 1 amide bonds. The maximum Gasteiger partial charge on any atom is 0.233 e. The minimum atomic E-state index is -0.673. The van der Waals surface area contributed by atoms with Gasteiger partial charge < -0.3 is 20.1 Å². The first-order valence-corrected chi connectivity index (χ1v) is 9.60. The molecule has 0 unspecified atom stereocenters. The Labute approximate surface area is 166 Å². The summed E-state index contributed by atoms with van der Waals surface area (Å²) in [7, 11) is 0. The molecule has 2 fully saturated rings. The zero-order valence-corrected chi connectivity index (χ0v) is 16.5. The van der Waals surface area contributed by atoms with Crippen LogP contribution >= 0.6 is 12.4 Å². The van der Waals surface area contributed by atoms with Crippen LogP contribution in [-0.2, 0) is 19.7 Å². The molecule has 2 heterocycles. The van der Waals surface area contributed by atoms with E-state index >= 15 is 0 Å². The molecule has 1 aromatic rings. The number of benzene rings is 1. The first kappa shape index (κ1) is 22.1. The van der Waals surface area contributed by atoms with E-state index in [1.807, 2.05) is 11.0 Å². The molecule has 152 valence electrons. The number of amides is 1. The molecular formula is C20H30ClFN2O3. The third-order valence-corrected chi connectivity index (χ3v) is 5.56. The summed E-state index contributed by atoms with van der Waals surface area (Å²) in [4.78, 5) is 15.4. The topological polar surface area (TPSA) is 64.8 Å². The Morgan fingerprint density at radius 2 is 2.00 bits per heavy atom. The van der Waals surface area contributed by atoms with Gasteiger partial charge in [-0.15, -0.1) is 12.4 Å². The first-order chi connectivity index (χ1) is 12.7. The van der Waals surface area contributed by atoms with E-state index < -0.39 is 5.41 Å². The Morgan fingerprint density at radius 3 is 2.63 bits per heavy atom. The molecule has 2 N–H and O–H groups in total. The third kappa shape index (κ3) is 5.19. The van der Waals surface area contributed by atoms with Crippen LogP contribution in [0.2, 0.25) is 0 Å². The fourth-order valence-electron chi connectivity index (χ4n) is 3.99. The highest BCUT2D eigenvalue weighted by molar-refractivity contribution is 5.88. The first-order valence-electron chi connectivity index (χ1n) is 9.60. The molecule has 2 aliphatic heterocycles. The largest absolute Gasteiger partial charge is 0.381 e. The smallest absolute Gasteiger partial charge is 0.233 e. The van der Waals surface area contributed by atoms with Gasteiger partial charge in [-0.2, -0.15) is 0 Å². The Balaban J connectivity index is 0.00000261. The number of likely N-dealkylation sites (tertiary alicyclic amines) is 1. The molecule has 0 aromatic heterocycles. The van der Waals surface area contributed by atoms with Crippen molar-refractivity contribution in [3.63, 3.8) is 0 Å². The summed E-state index contributed by atoms with van der Waals surface area (Å²) in [5.41, 5.74) is 5.60. The Morgan fingerprint density at radius 1 is 1.30 bits per heavy atom. The van der Waals surface area contributed by atoms with E-state index in [0.29, 0.717) is 52.3 Å². The number of ether oxygens (including phenoxy) is 2. The zero-order valence-electron chi connectivity index (χ0n) is 15.7. The van der Waals surface area contributed by atoms with Crippen molar-refractivity contribution in [1.82, 2.24) is 4.90 Å². The number of hydrogen-bond acceptors (Lipinski definition) is 4. The number of halogens is 2. The quantitative estimate of drug-likeness (QED) is 0.745. The van der Waals surface area contributed by atoms with E-state index in [9.17, 15) is 9.18 Å². The molecule has 7 heteroatoms. The van der Waals surface area contributed by atoms with Crippen LogP contribution in [0.15, 0.2) is 24.3 Å². The van der Waals surface area contributed by atoms with Gasteiger partial charge in [0.2, 0.25) is 5.91 Å². The van der Waals surface area contributed by atoms with Crippen molar-refractivity contribution in [2.75, 3.05) is 39.5 Å². The maximum atomic E-state index is 13.8. The van der Waals surface area contributed by atoms with Crippen molar-refractivity contribution in [2.45, 2.75) is 43.6 Å². The van der Waals surface area contributed by atoms with Crippen LogP contribution in [0.3, 0.4) is 0 Å². The lowest BCUT2D eigenvalue weighted by Crippen LogP contribution is -2.52. The van der Waals surface area contributed by atoms with Crippen LogP contribution in [0, 0.1) is 5.82 Å². The van der Waals surface area contributed by atoms with Crippen LogP contribution in [0.5, 0.6) is 0 Å². The maximum absolute atomic E-state index is 13.8. The molecule has 27 heavy (non-hydrogen) atoms. The average Bonchev–Trinajstić information content (AvgIpc) is 2.69. The fraction of sp³-hybridized carbons (Fsp3) is 0.650. The number of piperidine rings is 1. The summed E-state index contributed by atoms with van der Waals surface area (Å²) in [5.74, 6) is -0.194. The highest BCUT2D eigenvalue weighted by atomic mass is 35.5. The van der Waals surface area contributed by atoms with Gasteiger partial charge in [0, 0.05) is 32.9 Å². The summed E-state index contributed by atoms with van der Waals surface area (Å²) in [5, 5.41) is 0. The molecule has 1 aromatic carbocycles. The summed E-state index contributed by atoms with van der Waals surface area (Å²) >= 11 is 0. The van der Waals surface area contributed by atoms with Gasteiger partial charge in [0.25, 0.3) is 0 Å². The van der Waals surface area contributed by atoms with Crippen LogP contribution in [0.4, 0.5) is 4.39 Å². The van der Waals surface area contributed by atoms with Gasteiger partial charge >= 0.3 is 0 Å². The SMILES string of the molecule is Cl.NCCCOC1CCN(C(=O)C2(c3cccc(F)c3)CCOCC2)CC1.